The minimum absolute atomic E-state index is 0.0295. The molecule has 7 rings (SSSR count). The number of ketones is 1. The van der Waals surface area contributed by atoms with Crippen LogP contribution < -0.4 is 5.32 Å². The average molecular weight is 696 g/mol. The number of aromatic nitrogens is 1. The number of likely N-dealkylation sites (N-methyl/N-ethyl adjacent to an activating group) is 1. The number of Topliss-reactive ketones (excluding diaryl/α,β-unsaturated/α-hetero) is 1. The molecule has 0 radical (unpaired) electrons. The van der Waals surface area contributed by atoms with Crippen LogP contribution in [-0.2, 0) is 32.0 Å². The van der Waals surface area contributed by atoms with Gasteiger partial charge in [0, 0.05) is 41.8 Å². The number of H-pyrrole nitrogens is 1. The van der Waals surface area contributed by atoms with E-state index < -0.39 is 18.1 Å². The van der Waals surface area contributed by atoms with E-state index in [-0.39, 0.29) is 36.3 Å². The molecular formula is C43H45N5O4. The summed E-state index contributed by atoms with van der Waals surface area (Å²) in [6, 6.07) is 33.8. The SMILES string of the molecule is CN(C)[C@@H](C(=O)N1CCC[C@H]1C(=O)Cc1ccc2[nH]c(-c3ccc(NC(=O)[C@@H]4CCCN4C(=O)Cc4ccccc4)cc3)cc2c1)c1ccccc1. The van der Waals surface area contributed by atoms with Crippen molar-refractivity contribution in [2.45, 2.75) is 56.7 Å². The number of carbonyl (C=O) groups excluding carboxylic acids is 4. The standard InChI is InChI=1S/C43H45N5O4/c1-46(2)41(32-13-7-4-8-14-32)43(52)48-24-9-15-37(48)39(49)26-30-17-22-35-33(25-30)28-36(45-35)31-18-20-34(21-19-31)44-42(51)38-16-10-23-47(38)40(50)27-29-11-5-3-6-12-29/h3-8,11-14,17-22,25,28,37-38,41,45H,9-10,15-16,23-24,26-27H2,1-2H3,(H,44,51)/t37-,38-,41+/m0/s1. The van der Waals surface area contributed by atoms with E-state index in [1.54, 1.807) is 9.80 Å². The number of hydrogen-bond acceptors (Lipinski definition) is 5. The summed E-state index contributed by atoms with van der Waals surface area (Å²) >= 11 is 0. The molecule has 9 nitrogen and oxygen atoms in total. The van der Waals surface area contributed by atoms with Crippen molar-refractivity contribution in [3.63, 3.8) is 0 Å². The monoisotopic (exact) mass is 695 g/mol. The number of amides is 3. The number of nitrogens with zero attached hydrogens (tertiary/aromatic N) is 3. The maximum atomic E-state index is 13.8. The largest absolute Gasteiger partial charge is 0.355 e. The first-order valence-electron chi connectivity index (χ1n) is 18.2. The van der Waals surface area contributed by atoms with Crippen LogP contribution in [0.25, 0.3) is 22.2 Å². The summed E-state index contributed by atoms with van der Waals surface area (Å²) in [5.41, 5.74) is 6.29. The summed E-state index contributed by atoms with van der Waals surface area (Å²) in [5, 5.41) is 4.01. The van der Waals surface area contributed by atoms with Crippen molar-refractivity contribution < 1.29 is 19.2 Å². The van der Waals surface area contributed by atoms with Gasteiger partial charge in [-0.05, 0) is 92.4 Å². The summed E-state index contributed by atoms with van der Waals surface area (Å²) in [4.78, 5) is 62.6. The van der Waals surface area contributed by atoms with Crippen LogP contribution in [0.4, 0.5) is 5.69 Å². The van der Waals surface area contributed by atoms with Gasteiger partial charge in [0.1, 0.15) is 12.1 Å². The van der Waals surface area contributed by atoms with E-state index in [4.69, 9.17) is 0 Å². The smallest absolute Gasteiger partial charge is 0.247 e. The summed E-state index contributed by atoms with van der Waals surface area (Å²) in [6.07, 6.45) is 3.49. The third-order valence-corrected chi connectivity index (χ3v) is 10.4. The Labute approximate surface area is 304 Å². The van der Waals surface area contributed by atoms with E-state index >= 15 is 0 Å². The highest BCUT2D eigenvalue weighted by atomic mass is 16.2. The van der Waals surface area contributed by atoms with Gasteiger partial charge in [0.2, 0.25) is 17.7 Å². The summed E-state index contributed by atoms with van der Waals surface area (Å²) in [5.74, 6) is -0.167. The maximum absolute atomic E-state index is 13.8. The number of nitrogens with one attached hydrogen (secondary N) is 2. The topological polar surface area (TPSA) is 106 Å². The fourth-order valence-electron chi connectivity index (χ4n) is 7.75. The number of likely N-dealkylation sites (tertiary alicyclic amines) is 2. The van der Waals surface area contributed by atoms with Gasteiger partial charge in [0.25, 0.3) is 0 Å². The fourth-order valence-corrected chi connectivity index (χ4v) is 7.75. The third kappa shape index (κ3) is 7.55. The first-order chi connectivity index (χ1) is 25.2. The summed E-state index contributed by atoms with van der Waals surface area (Å²) in [7, 11) is 3.80. The molecule has 2 aliphatic heterocycles. The highest BCUT2D eigenvalue weighted by molar-refractivity contribution is 5.98. The zero-order valence-electron chi connectivity index (χ0n) is 29.8. The molecule has 5 aromatic rings. The molecule has 266 valence electrons. The number of rotatable bonds is 11. The van der Waals surface area contributed by atoms with Crippen molar-refractivity contribution in [2.75, 3.05) is 32.5 Å². The van der Waals surface area contributed by atoms with E-state index in [2.05, 4.69) is 16.4 Å². The van der Waals surface area contributed by atoms with Crippen LogP contribution in [0.5, 0.6) is 0 Å². The molecule has 4 aromatic carbocycles. The van der Waals surface area contributed by atoms with Crippen LogP contribution in [-0.4, -0.2) is 82.5 Å². The van der Waals surface area contributed by atoms with Gasteiger partial charge in [-0.25, -0.2) is 0 Å². The Morgan fingerprint density at radius 3 is 2.13 bits per heavy atom. The maximum Gasteiger partial charge on any atom is 0.247 e. The van der Waals surface area contributed by atoms with Gasteiger partial charge in [-0.2, -0.15) is 0 Å². The zero-order valence-corrected chi connectivity index (χ0v) is 29.8. The molecule has 9 heteroatoms. The van der Waals surface area contributed by atoms with E-state index in [1.807, 2.05) is 122 Å². The van der Waals surface area contributed by atoms with Gasteiger partial charge in [-0.1, -0.05) is 78.9 Å². The van der Waals surface area contributed by atoms with Crippen molar-refractivity contribution >= 4 is 40.1 Å². The predicted molar refractivity (Wildman–Crippen MR) is 204 cm³/mol. The Bertz CT molecular complexity index is 2060. The first kappa shape index (κ1) is 34.9. The average Bonchev–Trinajstić information content (AvgIpc) is 3.93. The van der Waals surface area contributed by atoms with Crippen LogP contribution in [0.2, 0.25) is 0 Å². The second-order valence-corrected chi connectivity index (χ2v) is 14.2. The van der Waals surface area contributed by atoms with E-state index in [9.17, 15) is 19.2 Å². The summed E-state index contributed by atoms with van der Waals surface area (Å²) < 4.78 is 0. The minimum atomic E-state index is -0.479. The number of anilines is 1. The third-order valence-electron chi connectivity index (χ3n) is 10.4. The second-order valence-electron chi connectivity index (χ2n) is 14.2. The van der Waals surface area contributed by atoms with Gasteiger partial charge < -0.3 is 20.1 Å². The molecule has 2 N–H and O–H groups in total. The van der Waals surface area contributed by atoms with Gasteiger partial charge >= 0.3 is 0 Å². The number of fused-ring (bicyclic) bond motifs is 1. The number of carbonyl (C=O) groups is 4. The van der Waals surface area contributed by atoms with Crippen molar-refractivity contribution in [3.05, 3.63) is 126 Å². The van der Waals surface area contributed by atoms with E-state index in [1.165, 1.54) is 0 Å². The first-order valence-corrected chi connectivity index (χ1v) is 18.2. The second kappa shape index (κ2) is 15.4. The Kier molecular flexibility index (Phi) is 10.3. The lowest BCUT2D eigenvalue weighted by molar-refractivity contribution is -0.141. The van der Waals surface area contributed by atoms with E-state index in [0.717, 1.165) is 51.7 Å². The molecule has 0 spiro atoms. The Morgan fingerprint density at radius 2 is 1.42 bits per heavy atom. The van der Waals surface area contributed by atoms with Gasteiger partial charge in [-0.15, -0.1) is 0 Å². The van der Waals surface area contributed by atoms with E-state index in [0.29, 0.717) is 31.6 Å². The molecule has 0 bridgehead atoms. The molecule has 52 heavy (non-hydrogen) atoms. The lowest BCUT2D eigenvalue weighted by Gasteiger charge is -2.31. The van der Waals surface area contributed by atoms with Crippen LogP contribution >= 0.6 is 0 Å². The van der Waals surface area contributed by atoms with Crippen LogP contribution in [0.3, 0.4) is 0 Å². The van der Waals surface area contributed by atoms with Crippen molar-refractivity contribution in [3.8, 4) is 11.3 Å². The molecule has 1 aromatic heterocycles. The van der Waals surface area contributed by atoms with Gasteiger partial charge in [0.05, 0.1) is 12.5 Å². The Hall–Kier alpha value is -5.54. The highest BCUT2D eigenvalue weighted by Gasteiger charge is 2.38. The van der Waals surface area contributed by atoms with Crippen LogP contribution in [0, 0.1) is 0 Å². The van der Waals surface area contributed by atoms with Crippen molar-refractivity contribution in [1.82, 2.24) is 19.7 Å². The minimum Gasteiger partial charge on any atom is -0.355 e. The molecule has 0 saturated carbocycles. The predicted octanol–water partition coefficient (Wildman–Crippen LogP) is 6.41. The lowest BCUT2D eigenvalue weighted by Crippen LogP contribution is -2.46. The quantitative estimate of drug-likeness (QED) is 0.166. The molecule has 2 saturated heterocycles. The van der Waals surface area contributed by atoms with Gasteiger partial charge in [0.15, 0.2) is 5.78 Å². The zero-order chi connectivity index (χ0) is 36.2. The summed E-state index contributed by atoms with van der Waals surface area (Å²) in [6.45, 7) is 1.17. The molecule has 0 unspecified atom stereocenters. The fraction of sp³-hybridized carbons (Fsp3) is 0.302. The number of aromatic amines is 1. The van der Waals surface area contributed by atoms with Crippen molar-refractivity contribution in [2.24, 2.45) is 0 Å². The van der Waals surface area contributed by atoms with Crippen LogP contribution in [0.1, 0.15) is 48.4 Å². The molecule has 3 atom stereocenters. The lowest BCUT2D eigenvalue weighted by atomic mass is 9.99. The normalized spacial score (nSPS) is 17.8. The molecule has 2 fully saturated rings. The molecule has 2 aliphatic rings. The number of hydrogen-bond donors (Lipinski definition) is 2. The molecule has 0 aliphatic carbocycles. The van der Waals surface area contributed by atoms with Gasteiger partial charge in [-0.3, -0.25) is 24.1 Å². The Morgan fingerprint density at radius 1 is 0.750 bits per heavy atom. The van der Waals surface area contributed by atoms with Crippen molar-refractivity contribution in [1.29, 1.82) is 0 Å². The number of benzene rings is 4. The molecular weight excluding hydrogens is 651 g/mol. The Balaban J connectivity index is 0.982. The highest BCUT2D eigenvalue weighted by Crippen LogP contribution is 2.30. The molecule has 3 heterocycles. The van der Waals surface area contributed by atoms with Crippen LogP contribution in [0.15, 0.2) is 109 Å². The molecule has 3 amide bonds.